The Morgan fingerprint density at radius 1 is 1.23 bits per heavy atom. The molecule has 8 heteroatoms. The first-order chi connectivity index (χ1) is 10.5. The molecule has 1 heterocycles. The van der Waals surface area contributed by atoms with Crippen LogP contribution >= 0.6 is 11.6 Å². The molecule has 22 heavy (non-hydrogen) atoms. The van der Waals surface area contributed by atoms with Crippen molar-refractivity contribution in [2.24, 2.45) is 5.73 Å². The molecule has 1 aliphatic rings. The van der Waals surface area contributed by atoms with Crippen LogP contribution in [0.1, 0.15) is 0 Å². The van der Waals surface area contributed by atoms with Crippen LogP contribution in [-0.2, 0) is 9.59 Å². The summed E-state index contributed by atoms with van der Waals surface area (Å²) in [6.07, 6.45) is 0. The second kappa shape index (κ2) is 7.44. The van der Waals surface area contributed by atoms with Gasteiger partial charge >= 0.3 is 11.8 Å². The van der Waals surface area contributed by atoms with Crippen LogP contribution in [0.2, 0.25) is 5.02 Å². The highest BCUT2D eigenvalue weighted by Gasteiger charge is 2.26. The van der Waals surface area contributed by atoms with Gasteiger partial charge in [-0.05, 0) is 18.2 Å². The summed E-state index contributed by atoms with van der Waals surface area (Å²) in [6.45, 7) is 3.86. The Labute approximate surface area is 134 Å². The van der Waals surface area contributed by atoms with Crippen LogP contribution in [0.3, 0.4) is 0 Å². The van der Waals surface area contributed by atoms with Gasteiger partial charge in [-0.1, -0.05) is 11.6 Å². The molecule has 1 aliphatic heterocycles. The molecule has 0 spiro atoms. The Kier molecular flexibility index (Phi) is 5.59. The minimum atomic E-state index is -0.695. The van der Waals surface area contributed by atoms with E-state index in [1.54, 1.807) is 12.1 Å². The predicted octanol–water partition coefficient (Wildman–Crippen LogP) is -0.0364. The molecule has 1 aromatic rings. The number of hydrogen-bond acceptors (Lipinski definition) is 5. The molecule has 0 saturated carbocycles. The van der Waals surface area contributed by atoms with Crippen molar-refractivity contribution in [1.82, 2.24) is 9.80 Å². The van der Waals surface area contributed by atoms with Crippen molar-refractivity contribution in [2.45, 2.75) is 0 Å². The lowest BCUT2D eigenvalue weighted by atomic mass is 10.2. The smallest absolute Gasteiger partial charge is 0.313 e. The van der Waals surface area contributed by atoms with E-state index in [1.165, 1.54) is 11.0 Å². The fourth-order valence-corrected chi connectivity index (χ4v) is 2.55. The summed E-state index contributed by atoms with van der Waals surface area (Å²) in [5, 5.41) is 2.82. The lowest BCUT2D eigenvalue weighted by molar-refractivity contribution is -0.144. The molecule has 120 valence electrons. The van der Waals surface area contributed by atoms with Crippen LogP contribution in [0, 0.1) is 0 Å². The summed E-state index contributed by atoms with van der Waals surface area (Å²) in [4.78, 5) is 27.9. The lowest BCUT2D eigenvalue weighted by Crippen LogP contribution is -2.52. The molecule has 2 amide bonds. The van der Waals surface area contributed by atoms with E-state index in [0.29, 0.717) is 36.0 Å². The molecule has 1 fully saturated rings. The number of hydrogen-bond donors (Lipinski definition) is 3. The van der Waals surface area contributed by atoms with Gasteiger partial charge < -0.3 is 21.7 Å². The Balaban J connectivity index is 1.91. The van der Waals surface area contributed by atoms with E-state index in [1.807, 2.05) is 0 Å². The molecule has 0 unspecified atom stereocenters. The van der Waals surface area contributed by atoms with E-state index in [9.17, 15) is 9.59 Å². The zero-order valence-corrected chi connectivity index (χ0v) is 13.0. The first kappa shape index (κ1) is 16.5. The van der Waals surface area contributed by atoms with Gasteiger partial charge in [0.1, 0.15) is 0 Å². The largest absolute Gasteiger partial charge is 0.399 e. The zero-order valence-electron chi connectivity index (χ0n) is 12.2. The van der Waals surface area contributed by atoms with Gasteiger partial charge in [-0.3, -0.25) is 14.5 Å². The zero-order chi connectivity index (χ0) is 16.1. The summed E-state index contributed by atoms with van der Waals surface area (Å²) in [6, 6.07) is 4.70. The average Bonchev–Trinajstić information content (AvgIpc) is 2.50. The van der Waals surface area contributed by atoms with Crippen LogP contribution in [0.5, 0.6) is 0 Å². The fraction of sp³-hybridized carbons (Fsp3) is 0.429. The number of nitrogens with two attached hydrogens (primary N) is 2. The summed E-state index contributed by atoms with van der Waals surface area (Å²) < 4.78 is 0. The fourth-order valence-electron chi connectivity index (χ4n) is 2.31. The van der Waals surface area contributed by atoms with Gasteiger partial charge in [0.2, 0.25) is 0 Å². The summed E-state index contributed by atoms with van der Waals surface area (Å²) >= 11 is 5.98. The molecule has 1 aromatic carbocycles. The molecule has 0 bridgehead atoms. The Hall–Kier alpha value is -1.83. The van der Waals surface area contributed by atoms with Crippen molar-refractivity contribution in [2.75, 3.05) is 50.3 Å². The van der Waals surface area contributed by atoms with Crippen LogP contribution in [0.25, 0.3) is 0 Å². The monoisotopic (exact) mass is 325 g/mol. The quantitative estimate of drug-likeness (QED) is 0.534. The second-order valence-electron chi connectivity index (χ2n) is 5.12. The number of piperazine rings is 1. The number of halogens is 1. The van der Waals surface area contributed by atoms with Gasteiger partial charge in [0.25, 0.3) is 0 Å². The number of carbonyl (C=O) groups is 2. The van der Waals surface area contributed by atoms with Gasteiger partial charge in [-0.15, -0.1) is 0 Å². The van der Waals surface area contributed by atoms with E-state index in [2.05, 4.69) is 10.2 Å². The summed E-state index contributed by atoms with van der Waals surface area (Å²) in [5.74, 6) is -1.25. The third-order valence-electron chi connectivity index (χ3n) is 3.54. The maximum Gasteiger partial charge on any atom is 0.313 e. The lowest BCUT2D eigenvalue weighted by Gasteiger charge is -2.34. The molecule has 1 saturated heterocycles. The Morgan fingerprint density at radius 3 is 2.50 bits per heavy atom. The van der Waals surface area contributed by atoms with Gasteiger partial charge in [0.15, 0.2) is 0 Å². The highest BCUT2D eigenvalue weighted by molar-refractivity contribution is 6.41. The van der Waals surface area contributed by atoms with E-state index in [-0.39, 0.29) is 0 Å². The SMILES string of the molecule is NCCN1CCN(C(=O)C(=O)Nc2ccc(N)cc2Cl)CC1. The minimum absolute atomic E-state index is 0.300. The van der Waals surface area contributed by atoms with Crippen molar-refractivity contribution in [1.29, 1.82) is 0 Å². The number of amides is 2. The van der Waals surface area contributed by atoms with E-state index in [4.69, 9.17) is 23.1 Å². The van der Waals surface area contributed by atoms with Crippen LogP contribution in [-0.4, -0.2) is 60.9 Å². The summed E-state index contributed by atoms with van der Waals surface area (Å²) in [7, 11) is 0. The highest BCUT2D eigenvalue weighted by atomic mass is 35.5. The number of anilines is 2. The molecule has 0 aromatic heterocycles. The van der Waals surface area contributed by atoms with Crippen LogP contribution in [0.15, 0.2) is 18.2 Å². The number of benzene rings is 1. The molecular weight excluding hydrogens is 306 g/mol. The number of carbonyl (C=O) groups excluding carboxylic acids is 2. The second-order valence-corrected chi connectivity index (χ2v) is 5.52. The highest BCUT2D eigenvalue weighted by Crippen LogP contribution is 2.24. The minimum Gasteiger partial charge on any atom is -0.399 e. The number of nitrogen functional groups attached to an aromatic ring is 1. The Bertz CT molecular complexity index is 558. The first-order valence-corrected chi connectivity index (χ1v) is 7.46. The predicted molar refractivity (Wildman–Crippen MR) is 86.6 cm³/mol. The standard InChI is InChI=1S/C14H20ClN5O2/c15-11-9-10(17)1-2-12(11)18-13(21)14(22)20-7-5-19(4-3-16)6-8-20/h1-2,9H,3-8,16-17H2,(H,18,21). The van der Waals surface area contributed by atoms with E-state index >= 15 is 0 Å². The van der Waals surface area contributed by atoms with Crippen molar-refractivity contribution < 1.29 is 9.59 Å². The Morgan fingerprint density at radius 2 is 1.91 bits per heavy atom. The maximum atomic E-state index is 12.1. The number of nitrogens with one attached hydrogen (secondary N) is 1. The third kappa shape index (κ3) is 4.09. The molecule has 0 atom stereocenters. The van der Waals surface area contributed by atoms with Crippen molar-refractivity contribution in [3.8, 4) is 0 Å². The molecule has 2 rings (SSSR count). The van der Waals surface area contributed by atoms with Crippen LogP contribution in [0.4, 0.5) is 11.4 Å². The number of nitrogens with zero attached hydrogens (tertiary/aromatic N) is 2. The van der Waals surface area contributed by atoms with E-state index < -0.39 is 11.8 Å². The molecular formula is C14H20ClN5O2. The van der Waals surface area contributed by atoms with Gasteiger partial charge in [-0.25, -0.2) is 0 Å². The topological polar surface area (TPSA) is 105 Å². The van der Waals surface area contributed by atoms with E-state index in [0.717, 1.165) is 19.6 Å². The first-order valence-electron chi connectivity index (χ1n) is 7.09. The van der Waals surface area contributed by atoms with Crippen molar-refractivity contribution in [3.63, 3.8) is 0 Å². The number of rotatable bonds is 3. The average molecular weight is 326 g/mol. The van der Waals surface area contributed by atoms with Crippen molar-refractivity contribution >= 4 is 34.8 Å². The van der Waals surface area contributed by atoms with Crippen molar-refractivity contribution in [3.05, 3.63) is 23.2 Å². The summed E-state index contributed by atoms with van der Waals surface area (Å²) in [5.41, 5.74) is 12.0. The van der Waals surface area contributed by atoms with Gasteiger partial charge in [-0.2, -0.15) is 0 Å². The normalized spacial score (nSPS) is 15.6. The molecule has 7 nitrogen and oxygen atoms in total. The van der Waals surface area contributed by atoms with Gasteiger partial charge in [0, 0.05) is 45.0 Å². The van der Waals surface area contributed by atoms with Crippen LogP contribution < -0.4 is 16.8 Å². The molecule has 0 aliphatic carbocycles. The maximum absolute atomic E-state index is 12.1. The third-order valence-corrected chi connectivity index (χ3v) is 3.85. The van der Waals surface area contributed by atoms with Gasteiger partial charge in [0.05, 0.1) is 10.7 Å². The molecule has 0 radical (unpaired) electrons. The molecule has 5 N–H and O–H groups in total.